The van der Waals surface area contributed by atoms with Gasteiger partial charge >= 0.3 is 12.2 Å². The first kappa shape index (κ1) is 15.0. The van der Waals surface area contributed by atoms with Gasteiger partial charge < -0.3 is 25.7 Å². The number of methoxy groups -OCH3 is 2. The Kier molecular flexibility index (Phi) is 7.45. The van der Waals surface area contributed by atoms with Gasteiger partial charge in [-0.15, -0.1) is 0 Å². The van der Waals surface area contributed by atoms with Crippen molar-refractivity contribution < 1.29 is 23.8 Å². The number of ether oxygens (including phenoxy) is 3. The summed E-state index contributed by atoms with van der Waals surface area (Å²) in [5, 5.41) is 0. The first-order valence-electron chi connectivity index (χ1n) is 3.62. The van der Waals surface area contributed by atoms with Crippen LogP contribution in [-0.2, 0) is 14.2 Å². The van der Waals surface area contributed by atoms with Gasteiger partial charge in [0.25, 0.3) is 0 Å². The van der Waals surface area contributed by atoms with Crippen LogP contribution in [0.3, 0.4) is 0 Å². The van der Waals surface area contributed by atoms with Crippen molar-refractivity contribution in [1.82, 2.24) is 0 Å². The number of carbonyl (C=O) groups excluding carboxylic acids is 2. The molecular weight excluding hydrogens is 192 g/mol. The monoisotopic (exact) mass is 208 g/mol. The summed E-state index contributed by atoms with van der Waals surface area (Å²) >= 11 is 0. The Morgan fingerprint density at radius 1 is 1.07 bits per heavy atom. The lowest BCUT2D eigenvalue weighted by molar-refractivity contribution is -0.154. The van der Waals surface area contributed by atoms with Gasteiger partial charge in [0.2, 0.25) is 5.79 Å². The maximum absolute atomic E-state index is 10.1. The summed E-state index contributed by atoms with van der Waals surface area (Å²) < 4.78 is 13.1. The van der Waals surface area contributed by atoms with E-state index >= 15 is 0 Å². The highest BCUT2D eigenvalue weighted by atomic mass is 16.7. The van der Waals surface area contributed by atoms with E-state index in [1.807, 2.05) is 0 Å². The maximum atomic E-state index is 10.1. The fourth-order valence-electron chi connectivity index (χ4n) is 0.284. The van der Waals surface area contributed by atoms with Crippen LogP contribution in [0.25, 0.3) is 0 Å². The first-order chi connectivity index (χ1) is 6.25. The van der Waals surface area contributed by atoms with Gasteiger partial charge in [-0.3, -0.25) is 0 Å². The normalized spacial score (nSPS) is 9.43. The second kappa shape index (κ2) is 6.96. The Bertz CT molecular complexity index is 193. The van der Waals surface area contributed by atoms with Crippen LogP contribution in [0.5, 0.6) is 0 Å². The van der Waals surface area contributed by atoms with Crippen molar-refractivity contribution in [3.05, 3.63) is 0 Å². The van der Waals surface area contributed by atoms with Crippen molar-refractivity contribution in [3.8, 4) is 0 Å². The third-order valence-electron chi connectivity index (χ3n) is 1.04. The van der Waals surface area contributed by atoms with Crippen LogP contribution in [0.2, 0.25) is 0 Å². The van der Waals surface area contributed by atoms with E-state index in [-0.39, 0.29) is 0 Å². The van der Waals surface area contributed by atoms with E-state index in [1.165, 1.54) is 14.2 Å². The smallest absolute Gasteiger partial charge is 0.406 e. The van der Waals surface area contributed by atoms with E-state index in [1.54, 1.807) is 13.8 Å². The third kappa shape index (κ3) is 13.1. The number of hydrogen-bond acceptors (Lipinski definition) is 5. The first-order valence-corrected chi connectivity index (χ1v) is 3.62. The summed E-state index contributed by atoms with van der Waals surface area (Å²) in [4.78, 5) is 19.5. The average Bonchev–Trinajstić information content (AvgIpc) is 2.03. The van der Waals surface area contributed by atoms with Gasteiger partial charge in [-0.25, -0.2) is 9.59 Å². The highest BCUT2D eigenvalue weighted by molar-refractivity contribution is 5.65. The number of rotatable bonds is 2. The highest BCUT2D eigenvalue weighted by Gasteiger charge is 2.19. The molecule has 0 aliphatic heterocycles. The molecule has 0 aliphatic rings. The van der Waals surface area contributed by atoms with Gasteiger partial charge in [0.1, 0.15) is 0 Å². The third-order valence-corrected chi connectivity index (χ3v) is 1.04. The molecule has 0 unspecified atom stereocenters. The molecule has 0 fully saturated rings. The van der Waals surface area contributed by atoms with Crippen molar-refractivity contribution >= 4 is 12.2 Å². The molecule has 0 radical (unpaired) electrons. The highest BCUT2D eigenvalue weighted by Crippen LogP contribution is 2.07. The average molecular weight is 208 g/mol. The lowest BCUT2D eigenvalue weighted by atomic mass is 10.4. The van der Waals surface area contributed by atoms with Crippen molar-refractivity contribution in [2.45, 2.75) is 19.6 Å². The summed E-state index contributed by atoms with van der Waals surface area (Å²) in [6, 6.07) is 0. The fraction of sp³-hybridized carbons (Fsp3) is 0.714. The topological polar surface area (TPSA) is 114 Å². The molecule has 0 bridgehead atoms. The van der Waals surface area contributed by atoms with Gasteiger partial charge in [-0.2, -0.15) is 0 Å². The minimum absolute atomic E-state index is 0.745. The number of carbonyl (C=O) groups is 2. The molecule has 0 aromatic carbocycles. The Labute approximate surface area is 82.3 Å². The Morgan fingerprint density at radius 3 is 1.50 bits per heavy atom. The summed E-state index contributed by atoms with van der Waals surface area (Å²) in [5.41, 5.74) is 9.14. The minimum atomic E-state index is -0.911. The molecule has 0 saturated heterocycles. The predicted molar refractivity (Wildman–Crippen MR) is 48.3 cm³/mol. The molecule has 0 aromatic heterocycles. The summed E-state index contributed by atoms with van der Waals surface area (Å²) in [6.45, 7) is 3.19. The van der Waals surface area contributed by atoms with Crippen LogP contribution >= 0.6 is 0 Å². The number of hydrogen-bond donors (Lipinski definition) is 2. The molecule has 0 atom stereocenters. The molecule has 0 saturated carbocycles. The zero-order chi connectivity index (χ0) is 11.8. The van der Waals surface area contributed by atoms with Crippen LogP contribution < -0.4 is 11.5 Å². The van der Waals surface area contributed by atoms with Gasteiger partial charge in [-0.05, 0) is 0 Å². The lowest BCUT2D eigenvalue weighted by Gasteiger charge is -2.21. The summed E-state index contributed by atoms with van der Waals surface area (Å²) in [7, 11) is 2.66. The molecule has 84 valence electrons. The van der Waals surface area contributed by atoms with Crippen molar-refractivity contribution in [3.63, 3.8) is 0 Å². The molecule has 2 amide bonds. The zero-order valence-electron chi connectivity index (χ0n) is 8.70. The molecule has 14 heavy (non-hydrogen) atoms. The van der Waals surface area contributed by atoms with Gasteiger partial charge in [0, 0.05) is 21.0 Å². The molecule has 0 rings (SSSR count). The van der Waals surface area contributed by atoms with Crippen LogP contribution in [-0.4, -0.2) is 32.2 Å². The van der Waals surface area contributed by atoms with Crippen molar-refractivity contribution in [2.24, 2.45) is 11.5 Å². The molecule has 0 aliphatic carbocycles. The molecular formula is C7H16N2O5. The van der Waals surface area contributed by atoms with Crippen molar-refractivity contribution in [2.75, 3.05) is 14.2 Å². The van der Waals surface area contributed by atoms with Crippen LogP contribution in [0.15, 0.2) is 0 Å². The molecule has 7 heteroatoms. The lowest BCUT2D eigenvalue weighted by Crippen LogP contribution is -2.32. The van der Waals surface area contributed by atoms with Gasteiger partial charge in [0.15, 0.2) is 0 Å². The van der Waals surface area contributed by atoms with E-state index in [9.17, 15) is 9.59 Å². The maximum Gasteiger partial charge on any atom is 0.406 e. The number of primary amides is 2. The van der Waals surface area contributed by atoms with Crippen LogP contribution in [0, 0.1) is 0 Å². The molecule has 0 aromatic rings. The van der Waals surface area contributed by atoms with E-state index in [0.29, 0.717) is 0 Å². The predicted octanol–water partition coefficient (Wildman–Crippen LogP) is 0.176. The second-order valence-electron chi connectivity index (χ2n) is 2.55. The second-order valence-corrected chi connectivity index (χ2v) is 2.55. The Hall–Kier alpha value is -1.50. The van der Waals surface area contributed by atoms with E-state index in [0.717, 1.165) is 0 Å². The standard InChI is InChI=1S/C5H11NO3.C2H5NO2/c1-5(2,8-3)9-4(6)7;1-5-2(3)4/h1-3H3,(H2,6,7);1H3,(H2,3,4). The van der Waals surface area contributed by atoms with E-state index in [4.69, 9.17) is 10.5 Å². The van der Waals surface area contributed by atoms with Gasteiger partial charge in [-0.1, -0.05) is 0 Å². The molecule has 0 spiro atoms. The number of nitrogens with two attached hydrogens (primary N) is 2. The Balaban J connectivity index is 0. The fourth-order valence-corrected chi connectivity index (χ4v) is 0.284. The van der Waals surface area contributed by atoms with E-state index in [2.05, 4.69) is 15.2 Å². The SMILES string of the molecule is COC(C)(C)OC(N)=O.COC(N)=O. The molecule has 0 heterocycles. The summed E-state index contributed by atoms with van der Waals surface area (Å²) in [6.07, 6.45) is -1.58. The quantitative estimate of drug-likeness (QED) is 0.628. The van der Waals surface area contributed by atoms with Crippen LogP contribution in [0.1, 0.15) is 13.8 Å². The number of amides is 2. The minimum Gasteiger partial charge on any atom is -0.453 e. The van der Waals surface area contributed by atoms with Gasteiger partial charge in [0.05, 0.1) is 7.11 Å². The Morgan fingerprint density at radius 2 is 1.43 bits per heavy atom. The molecule has 4 N–H and O–H groups in total. The summed E-state index contributed by atoms with van der Waals surface area (Å²) in [5.74, 6) is -0.911. The molecule has 7 nitrogen and oxygen atoms in total. The van der Waals surface area contributed by atoms with Crippen molar-refractivity contribution in [1.29, 1.82) is 0 Å². The van der Waals surface area contributed by atoms with Crippen LogP contribution in [0.4, 0.5) is 9.59 Å². The van der Waals surface area contributed by atoms with E-state index < -0.39 is 18.0 Å². The largest absolute Gasteiger partial charge is 0.453 e. The zero-order valence-corrected chi connectivity index (χ0v) is 8.70.